The van der Waals surface area contributed by atoms with Crippen LogP contribution in [0, 0.1) is 5.53 Å². The van der Waals surface area contributed by atoms with Crippen molar-refractivity contribution in [3.05, 3.63) is 29.3 Å². The van der Waals surface area contributed by atoms with E-state index < -0.39 is 0 Å². The van der Waals surface area contributed by atoms with Gasteiger partial charge in [0.15, 0.2) is 0 Å². The Balaban J connectivity index is 2.51. The molecule has 0 fully saturated rings. The lowest BCUT2D eigenvalue weighted by Crippen LogP contribution is -2.01. The highest BCUT2D eigenvalue weighted by Crippen LogP contribution is 2.29. The van der Waals surface area contributed by atoms with E-state index in [-0.39, 0.29) is 0 Å². The predicted molar refractivity (Wildman–Crippen MR) is 47.9 cm³/mol. The molecule has 1 aromatic carbocycles. The first-order valence-corrected chi connectivity index (χ1v) is 4.40. The standard InChI is InChI=1S/C10H12N2/c11-12-10-7-3-5-8-4-1-2-6-9(8)10/h3,5,7,11H,1-2,4,6H2. The summed E-state index contributed by atoms with van der Waals surface area (Å²) in [5, 5.41) is 3.53. The normalized spacial score (nSPS) is 15.3. The Labute approximate surface area is 72.1 Å². The quantitative estimate of drug-likeness (QED) is 0.612. The lowest BCUT2D eigenvalue weighted by Gasteiger charge is -2.16. The molecule has 0 spiro atoms. The van der Waals surface area contributed by atoms with Crippen LogP contribution in [-0.4, -0.2) is 0 Å². The fourth-order valence-corrected chi connectivity index (χ4v) is 1.87. The van der Waals surface area contributed by atoms with Crippen LogP contribution in [0.2, 0.25) is 0 Å². The third kappa shape index (κ3) is 1.13. The number of nitrogens with one attached hydrogen (secondary N) is 1. The van der Waals surface area contributed by atoms with Crippen LogP contribution >= 0.6 is 0 Å². The SMILES string of the molecule is N=Nc1cccc2c1CCCC2. The van der Waals surface area contributed by atoms with Crippen molar-refractivity contribution in [2.24, 2.45) is 5.11 Å². The lowest BCUT2D eigenvalue weighted by molar-refractivity contribution is 0.685. The Hall–Kier alpha value is -1.18. The topological polar surface area (TPSA) is 36.2 Å². The van der Waals surface area contributed by atoms with Gasteiger partial charge in [0.2, 0.25) is 0 Å². The van der Waals surface area contributed by atoms with Crippen molar-refractivity contribution in [2.45, 2.75) is 25.7 Å². The van der Waals surface area contributed by atoms with Gasteiger partial charge in [-0.05, 0) is 42.9 Å². The van der Waals surface area contributed by atoms with Gasteiger partial charge in [-0.1, -0.05) is 12.1 Å². The summed E-state index contributed by atoms with van der Waals surface area (Å²) >= 11 is 0. The molecule has 62 valence electrons. The van der Waals surface area contributed by atoms with E-state index >= 15 is 0 Å². The van der Waals surface area contributed by atoms with Gasteiger partial charge in [0.05, 0.1) is 5.69 Å². The summed E-state index contributed by atoms with van der Waals surface area (Å²) in [6.45, 7) is 0. The summed E-state index contributed by atoms with van der Waals surface area (Å²) < 4.78 is 0. The van der Waals surface area contributed by atoms with Crippen LogP contribution in [0.3, 0.4) is 0 Å². The van der Waals surface area contributed by atoms with Gasteiger partial charge in [0.25, 0.3) is 0 Å². The molecule has 0 bridgehead atoms. The molecule has 0 amide bonds. The second-order valence-corrected chi connectivity index (χ2v) is 3.23. The summed E-state index contributed by atoms with van der Waals surface area (Å²) in [5.41, 5.74) is 10.6. The maximum atomic E-state index is 7.01. The zero-order valence-electron chi connectivity index (χ0n) is 7.01. The van der Waals surface area contributed by atoms with E-state index in [1.165, 1.54) is 30.4 Å². The molecule has 0 radical (unpaired) electrons. The van der Waals surface area contributed by atoms with Gasteiger partial charge in [-0.15, -0.1) is 0 Å². The monoisotopic (exact) mass is 160 g/mol. The number of nitrogens with zero attached hydrogens (tertiary/aromatic N) is 1. The summed E-state index contributed by atoms with van der Waals surface area (Å²) in [4.78, 5) is 0. The minimum absolute atomic E-state index is 0.868. The second-order valence-electron chi connectivity index (χ2n) is 3.23. The third-order valence-electron chi connectivity index (χ3n) is 2.49. The van der Waals surface area contributed by atoms with Crippen molar-refractivity contribution in [3.8, 4) is 0 Å². The van der Waals surface area contributed by atoms with Crippen LogP contribution in [0.1, 0.15) is 24.0 Å². The molecular formula is C10H12N2. The zero-order valence-corrected chi connectivity index (χ0v) is 7.01. The average Bonchev–Trinajstić information content (AvgIpc) is 2.17. The molecule has 0 saturated heterocycles. The van der Waals surface area contributed by atoms with E-state index in [2.05, 4.69) is 11.2 Å². The van der Waals surface area contributed by atoms with Gasteiger partial charge in [-0.3, -0.25) is 0 Å². The van der Waals surface area contributed by atoms with Crippen molar-refractivity contribution in [1.29, 1.82) is 5.53 Å². The van der Waals surface area contributed by atoms with Gasteiger partial charge < -0.3 is 0 Å². The fourth-order valence-electron chi connectivity index (χ4n) is 1.87. The Kier molecular flexibility index (Phi) is 1.90. The number of hydrogen-bond donors (Lipinski definition) is 1. The van der Waals surface area contributed by atoms with E-state index in [1.54, 1.807) is 0 Å². The van der Waals surface area contributed by atoms with E-state index in [0.29, 0.717) is 0 Å². The predicted octanol–water partition coefficient (Wildman–Crippen LogP) is 3.23. The van der Waals surface area contributed by atoms with Crippen LogP contribution < -0.4 is 0 Å². The van der Waals surface area contributed by atoms with E-state index in [0.717, 1.165) is 12.1 Å². The molecule has 1 N–H and O–H groups in total. The maximum Gasteiger partial charge on any atom is 0.0884 e. The molecular weight excluding hydrogens is 148 g/mol. The molecule has 0 unspecified atom stereocenters. The largest absolute Gasteiger partial charge is 0.204 e. The van der Waals surface area contributed by atoms with Crippen molar-refractivity contribution >= 4 is 5.69 Å². The molecule has 0 aromatic heterocycles. The summed E-state index contributed by atoms with van der Waals surface area (Å²) in [6.07, 6.45) is 4.81. The van der Waals surface area contributed by atoms with Crippen LogP contribution in [0.4, 0.5) is 5.69 Å². The molecule has 0 saturated carbocycles. The molecule has 12 heavy (non-hydrogen) atoms. The third-order valence-corrected chi connectivity index (χ3v) is 2.49. The molecule has 2 nitrogen and oxygen atoms in total. The first-order valence-electron chi connectivity index (χ1n) is 4.40. The first kappa shape index (κ1) is 7.47. The maximum absolute atomic E-state index is 7.01. The number of fused-ring (bicyclic) bond motifs is 1. The smallest absolute Gasteiger partial charge is 0.0884 e. The lowest BCUT2D eigenvalue weighted by atomic mass is 9.91. The van der Waals surface area contributed by atoms with Crippen molar-refractivity contribution in [3.63, 3.8) is 0 Å². The number of aryl methyl sites for hydroxylation is 1. The Morgan fingerprint density at radius 1 is 1.17 bits per heavy atom. The summed E-state index contributed by atoms with van der Waals surface area (Å²) in [7, 11) is 0. The molecule has 0 heterocycles. The number of benzene rings is 1. The van der Waals surface area contributed by atoms with Gasteiger partial charge in [0, 0.05) is 0 Å². The highest BCUT2D eigenvalue weighted by Gasteiger charge is 2.11. The minimum Gasteiger partial charge on any atom is -0.204 e. The molecule has 1 aliphatic carbocycles. The highest BCUT2D eigenvalue weighted by molar-refractivity contribution is 5.50. The highest BCUT2D eigenvalue weighted by atomic mass is 15.0. The minimum atomic E-state index is 0.868. The van der Waals surface area contributed by atoms with E-state index in [1.807, 2.05) is 12.1 Å². The molecule has 2 rings (SSSR count). The summed E-state index contributed by atoms with van der Waals surface area (Å²) in [5.74, 6) is 0. The van der Waals surface area contributed by atoms with E-state index in [4.69, 9.17) is 5.53 Å². The van der Waals surface area contributed by atoms with Crippen molar-refractivity contribution < 1.29 is 0 Å². The summed E-state index contributed by atoms with van der Waals surface area (Å²) in [6, 6.07) is 6.08. The Bertz CT molecular complexity index is 305. The zero-order chi connectivity index (χ0) is 8.39. The van der Waals surface area contributed by atoms with Gasteiger partial charge in [-0.25, -0.2) is 5.53 Å². The molecule has 0 atom stereocenters. The van der Waals surface area contributed by atoms with Crippen LogP contribution in [0.5, 0.6) is 0 Å². The molecule has 2 heteroatoms. The number of hydrogen-bond acceptors (Lipinski definition) is 2. The molecule has 0 aliphatic heterocycles. The Morgan fingerprint density at radius 2 is 2.00 bits per heavy atom. The molecule has 1 aliphatic rings. The average molecular weight is 160 g/mol. The first-order chi connectivity index (χ1) is 5.92. The van der Waals surface area contributed by atoms with Crippen molar-refractivity contribution in [1.82, 2.24) is 0 Å². The van der Waals surface area contributed by atoms with Gasteiger partial charge >= 0.3 is 0 Å². The van der Waals surface area contributed by atoms with Gasteiger partial charge in [-0.2, -0.15) is 5.11 Å². The van der Waals surface area contributed by atoms with Crippen LogP contribution in [0.15, 0.2) is 23.3 Å². The van der Waals surface area contributed by atoms with Crippen molar-refractivity contribution in [2.75, 3.05) is 0 Å². The van der Waals surface area contributed by atoms with Crippen LogP contribution in [-0.2, 0) is 12.8 Å². The molecule has 1 aromatic rings. The number of rotatable bonds is 1. The van der Waals surface area contributed by atoms with E-state index in [9.17, 15) is 0 Å². The fraction of sp³-hybridized carbons (Fsp3) is 0.400. The van der Waals surface area contributed by atoms with Gasteiger partial charge in [0.1, 0.15) is 0 Å². The van der Waals surface area contributed by atoms with Crippen LogP contribution in [0.25, 0.3) is 0 Å². The second kappa shape index (κ2) is 3.05. The Morgan fingerprint density at radius 3 is 2.83 bits per heavy atom.